The summed E-state index contributed by atoms with van der Waals surface area (Å²) in [6.07, 6.45) is 1.98. The van der Waals surface area contributed by atoms with Gasteiger partial charge in [-0.05, 0) is 55.0 Å². The number of hydrogen-bond acceptors (Lipinski definition) is 5. The molecule has 1 unspecified atom stereocenters. The molecule has 1 aromatic heterocycles. The Kier molecular flexibility index (Phi) is 7.16. The lowest BCUT2D eigenvalue weighted by molar-refractivity contribution is 0.0529. The van der Waals surface area contributed by atoms with E-state index in [-0.39, 0.29) is 18.0 Å². The van der Waals surface area contributed by atoms with Crippen LogP contribution in [0.25, 0.3) is 0 Å². The summed E-state index contributed by atoms with van der Waals surface area (Å²) < 4.78 is 5.57. The predicted molar refractivity (Wildman–Crippen MR) is 129 cm³/mol. The van der Waals surface area contributed by atoms with Gasteiger partial charge < -0.3 is 25.6 Å². The number of rotatable bonds is 6. The van der Waals surface area contributed by atoms with E-state index in [1.54, 1.807) is 42.6 Å². The molecule has 33 heavy (non-hydrogen) atoms. The number of nitrogens with one attached hydrogen (secondary N) is 3. The molecule has 1 fully saturated rings. The second-order valence-corrected chi connectivity index (χ2v) is 7.86. The highest BCUT2D eigenvalue weighted by molar-refractivity contribution is 6.00. The summed E-state index contributed by atoms with van der Waals surface area (Å²) in [5, 5.41) is 8.40. The van der Waals surface area contributed by atoms with Crippen molar-refractivity contribution in [1.82, 2.24) is 10.3 Å². The number of anilines is 3. The first kappa shape index (κ1) is 22.3. The molecule has 0 saturated carbocycles. The van der Waals surface area contributed by atoms with Gasteiger partial charge in [0.25, 0.3) is 5.91 Å². The predicted octanol–water partition coefficient (Wildman–Crippen LogP) is 3.88. The summed E-state index contributed by atoms with van der Waals surface area (Å²) in [4.78, 5) is 31.3. The number of benzene rings is 2. The van der Waals surface area contributed by atoms with Gasteiger partial charge in [-0.3, -0.25) is 4.79 Å². The topological polar surface area (TPSA) is 95.6 Å². The second-order valence-electron chi connectivity index (χ2n) is 7.86. The third-order valence-electron chi connectivity index (χ3n) is 5.26. The van der Waals surface area contributed by atoms with Gasteiger partial charge in [0.1, 0.15) is 5.82 Å². The van der Waals surface area contributed by atoms with Gasteiger partial charge in [-0.1, -0.05) is 24.3 Å². The number of pyridine rings is 1. The average Bonchev–Trinajstić information content (AvgIpc) is 2.84. The molecular formula is C25H27N5O3. The average molecular weight is 446 g/mol. The van der Waals surface area contributed by atoms with E-state index in [0.717, 1.165) is 24.5 Å². The van der Waals surface area contributed by atoms with Crippen LogP contribution in [0.5, 0.6) is 0 Å². The van der Waals surface area contributed by atoms with E-state index in [4.69, 9.17) is 4.74 Å². The summed E-state index contributed by atoms with van der Waals surface area (Å²) in [5.41, 5.74) is 2.73. The number of amides is 3. The van der Waals surface area contributed by atoms with Gasteiger partial charge in [-0.25, -0.2) is 9.78 Å². The van der Waals surface area contributed by atoms with Crippen LogP contribution in [-0.2, 0) is 11.3 Å². The third-order valence-corrected chi connectivity index (χ3v) is 5.26. The Hall–Kier alpha value is -3.91. The standard InChI is InChI=1S/C25H27N5O3/c1-18-17-30(13-14-33-18)23-12-7-19(15-26-23)16-27-24(31)20-8-10-22(11-9-20)29-25(32)28-21-5-3-2-4-6-21/h2-12,15,18H,13-14,16-17H2,1H3,(H,27,31)(H2,28,29,32). The summed E-state index contributed by atoms with van der Waals surface area (Å²) >= 11 is 0. The SMILES string of the molecule is CC1CN(c2ccc(CNC(=O)c3ccc(NC(=O)Nc4ccccc4)cc3)cn2)CCO1. The molecule has 1 aliphatic rings. The number of urea groups is 1. The quantitative estimate of drug-likeness (QED) is 0.535. The van der Waals surface area contributed by atoms with E-state index < -0.39 is 0 Å². The van der Waals surface area contributed by atoms with E-state index in [1.165, 1.54) is 0 Å². The molecule has 0 radical (unpaired) electrons. The van der Waals surface area contributed by atoms with Crippen molar-refractivity contribution < 1.29 is 14.3 Å². The van der Waals surface area contributed by atoms with Crippen LogP contribution in [0.2, 0.25) is 0 Å². The molecule has 2 heterocycles. The van der Waals surface area contributed by atoms with Crippen molar-refractivity contribution in [2.45, 2.75) is 19.6 Å². The Labute approximate surface area is 193 Å². The van der Waals surface area contributed by atoms with E-state index in [9.17, 15) is 9.59 Å². The van der Waals surface area contributed by atoms with Crippen LogP contribution in [0.15, 0.2) is 72.9 Å². The zero-order valence-electron chi connectivity index (χ0n) is 18.5. The highest BCUT2D eigenvalue weighted by atomic mass is 16.5. The Morgan fingerprint density at radius 2 is 1.73 bits per heavy atom. The van der Waals surface area contributed by atoms with E-state index >= 15 is 0 Å². The molecule has 3 N–H and O–H groups in total. The minimum Gasteiger partial charge on any atom is -0.375 e. The molecule has 2 aromatic carbocycles. The maximum Gasteiger partial charge on any atom is 0.323 e. The summed E-state index contributed by atoms with van der Waals surface area (Å²) in [7, 11) is 0. The molecule has 0 aliphatic carbocycles. The molecule has 0 bridgehead atoms. The van der Waals surface area contributed by atoms with Gasteiger partial charge in [-0.15, -0.1) is 0 Å². The third kappa shape index (κ3) is 6.30. The number of ether oxygens (including phenoxy) is 1. The Bertz CT molecular complexity index is 1070. The number of carbonyl (C=O) groups excluding carboxylic acids is 2. The van der Waals surface area contributed by atoms with Gasteiger partial charge in [0.05, 0.1) is 12.7 Å². The summed E-state index contributed by atoms with van der Waals surface area (Å²) in [5.74, 6) is 0.723. The number of aromatic nitrogens is 1. The van der Waals surface area contributed by atoms with Crippen LogP contribution in [0.4, 0.5) is 22.0 Å². The molecule has 0 spiro atoms. The zero-order chi connectivity index (χ0) is 23.0. The first-order valence-corrected chi connectivity index (χ1v) is 10.9. The van der Waals surface area contributed by atoms with E-state index in [2.05, 4.69) is 32.8 Å². The number of nitrogens with zero attached hydrogens (tertiary/aromatic N) is 2. The van der Waals surface area contributed by atoms with Crippen LogP contribution >= 0.6 is 0 Å². The van der Waals surface area contributed by atoms with Gasteiger partial charge >= 0.3 is 6.03 Å². The number of hydrogen-bond donors (Lipinski definition) is 3. The molecule has 8 nitrogen and oxygen atoms in total. The van der Waals surface area contributed by atoms with Gasteiger partial charge in [0.2, 0.25) is 0 Å². The summed E-state index contributed by atoms with van der Waals surface area (Å²) in [6.45, 7) is 4.78. The first-order valence-electron chi connectivity index (χ1n) is 10.9. The fourth-order valence-corrected chi connectivity index (χ4v) is 3.54. The maximum atomic E-state index is 12.5. The molecule has 8 heteroatoms. The Balaban J connectivity index is 1.26. The fraction of sp³-hybridized carbons (Fsp3) is 0.240. The lowest BCUT2D eigenvalue weighted by atomic mass is 10.2. The van der Waals surface area contributed by atoms with Crippen molar-refractivity contribution in [1.29, 1.82) is 0 Å². The van der Waals surface area contributed by atoms with E-state index in [1.807, 2.05) is 30.3 Å². The number of carbonyl (C=O) groups is 2. The minimum absolute atomic E-state index is 0.193. The van der Waals surface area contributed by atoms with Gasteiger partial charge in [0, 0.05) is 42.8 Å². The summed E-state index contributed by atoms with van der Waals surface area (Å²) in [6, 6.07) is 19.5. The van der Waals surface area contributed by atoms with Crippen LogP contribution in [0, 0.1) is 0 Å². The molecule has 4 rings (SSSR count). The minimum atomic E-state index is -0.346. The molecule has 3 aromatic rings. The molecule has 3 amide bonds. The van der Waals surface area contributed by atoms with Gasteiger partial charge in [0.15, 0.2) is 0 Å². The van der Waals surface area contributed by atoms with Crippen LogP contribution in [-0.4, -0.2) is 42.7 Å². The maximum absolute atomic E-state index is 12.5. The Morgan fingerprint density at radius 1 is 1.00 bits per heavy atom. The smallest absolute Gasteiger partial charge is 0.323 e. The first-order chi connectivity index (χ1) is 16.1. The normalized spacial score (nSPS) is 15.5. The molecular weight excluding hydrogens is 418 g/mol. The van der Waals surface area contributed by atoms with Crippen LogP contribution in [0.3, 0.4) is 0 Å². The molecule has 1 saturated heterocycles. The van der Waals surface area contributed by atoms with Crippen LogP contribution in [0.1, 0.15) is 22.8 Å². The fourth-order valence-electron chi connectivity index (χ4n) is 3.54. The largest absolute Gasteiger partial charge is 0.375 e. The van der Waals surface area contributed by atoms with Crippen molar-refractivity contribution in [3.63, 3.8) is 0 Å². The molecule has 170 valence electrons. The van der Waals surface area contributed by atoms with Crippen molar-refractivity contribution in [2.75, 3.05) is 35.2 Å². The molecule has 1 aliphatic heterocycles. The van der Waals surface area contributed by atoms with E-state index in [0.29, 0.717) is 30.1 Å². The van der Waals surface area contributed by atoms with Crippen molar-refractivity contribution in [3.8, 4) is 0 Å². The van der Waals surface area contributed by atoms with Crippen molar-refractivity contribution in [3.05, 3.63) is 84.1 Å². The number of para-hydroxylation sites is 1. The highest BCUT2D eigenvalue weighted by Crippen LogP contribution is 2.16. The zero-order valence-corrected chi connectivity index (χ0v) is 18.5. The van der Waals surface area contributed by atoms with Crippen LogP contribution < -0.4 is 20.9 Å². The number of morpholine rings is 1. The molecule has 1 atom stereocenters. The highest BCUT2D eigenvalue weighted by Gasteiger charge is 2.17. The van der Waals surface area contributed by atoms with Crippen molar-refractivity contribution in [2.24, 2.45) is 0 Å². The monoisotopic (exact) mass is 445 g/mol. The van der Waals surface area contributed by atoms with Crippen molar-refractivity contribution >= 4 is 29.1 Å². The Morgan fingerprint density at radius 3 is 2.39 bits per heavy atom. The lowest BCUT2D eigenvalue weighted by Crippen LogP contribution is -2.41. The van der Waals surface area contributed by atoms with Gasteiger partial charge in [-0.2, -0.15) is 0 Å². The lowest BCUT2D eigenvalue weighted by Gasteiger charge is -2.32. The second kappa shape index (κ2) is 10.6.